The van der Waals surface area contributed by atoms with Gasteiger partial charge in [-0.25, -0.2) is 23.5 Å². The van der Waals surface area contributed by atoms with Crippen molar-refractivity contribution in [2.24, 2.45) is 0 Å². The van der Waals surface area contributed by atoms with E-state index >= 15 is 0 Å². The summed E-state index contributed by atoms with van der Waals surface area (Å²) < 4.78 is 28.8. The van der Waals surface area contributed by atoms with Crippen LogP contribution in [0, 0.1) is 11.6 Å². The fourth-order valence-corrected chi connectivity index (χ4v) is 3.23. The number of hydrogen-bond acceptors (Lipinski definition) is 5. The molecule has 2 aromatic heterocycles. The molecule has 8 nitrogen and oxygen atoms in total. The molecule has 1 amide bonds. The van der Waals surface area contributed by atoms with Crippen molar-refractivity contribution in [2.75, 3.05) is 5.32 Å². The minimum atomic E-state index is -0.969. The average Bonchev–Trinajstić information content (AvgIpc) is 2.77. The number of nitrogens with zero attached hydrogens (tertiary/aromatic N) is 4. The maximum absolute atomic E-state index is 13.9. The van der Waals surface area contributed by atoms with Crippen molar-refractivity contribution >= 4 is 34.4 Å². The summed E-state index contributed by atoms with van der Waals surface area (Å²) in [7, 11) is 0. The zero-order chi connectivity index (χ0) is 22.8. The van der Waals surface area contributed by atoms with Crippen molar-refractivity contribution in [3.05, 3.63) is 97.9 Å². The molecule has 1 N–H and O–H groups in total. The van der Waals surface area contributed by atoms with Crippen LogP contribution in [0.25, 0.3) is 11.2 Å². The maximum atomic E-state index is 13.9. The van der Waals surface area contributed by atoms with E-state index in [2.05, 4.69) is 15.3 Å². The molecular weight excluding hydrogens is 444 g/mol. The molecule has 2 aromatic carbocycles. The Balaban J connectivity index is 1.74. The Morgan fingerprint density at radius 2 is 1.72 bits per heavy atom. The van der Waals surface area contributed by atoms with Gasteiger partial charge in [0.2, 0.25) is 5.91 Å². The molecule has 11 heteroatoms. The molecule has 0 aliphatic heterocycles. The number of anilines is 1. The number of carbonyl (C=O) groups excluding carboxylic acids is 1. The third-order valence-electron chi connectivity index (χ3n) is 4.61. The van der Waals surface area contributed by atoms with Gasteiger partial charge in [-0.2, -0.15) is 0 Å². The smallest absolute Gasteiger partial charge is 0.322 e. The largest absolute Gasteiger partial charge is 0.333 e. The highest BCUT2D eigenvalue weighted by atomic mass is 35.5. The van der Waals surface area contributed by atoms with Crippen molar-refractivity contribution in [2.45, 2.75) is 13.1 Å². The first-order valence-electron chi connectivity index (χ1n) is 9.27. The zero-order valence-corrected chi connectivity index (χ0v) is 17.0. The number of carbonyl (C=O) groups is 1. The first-order chi connectivity index (χ1) is 15.3. The van der Waals surface area contributed by atoms with E-state index in [-0.39, 0.29) is 23.4 Å². The Bertz CT molecular complexity index is 1450. The lowest BCUT2D eigenvalue weighted by Gasteiger charge is -2.13. The van der Waals surface area contributed by atoms with E-state index in [1.165, 1.54) is 12.4 Å². The molecule has 0 saturated carbocycles. The van der Waals surface area contributed by atoms with E-state index in [1.807, 2.05) is 0 Å². The van der Waals surface area contributed by atoms with Gasteiger partial charge in [0.15, 0.2) is 11.2 Å². The average molecular weight is 458 g/mol. The van der Waals surface area contributed by atoms with E-state index in [9.17, 15) is 23.2 Å². The molecule has 0 atom stereocenters. The minimum Gasteiger partial charge on any atom is -0.322 e. The topological polar surface area (TPSA) is 98.9 Å². The Morgan fingerprint density at radius 3 is 2.44 bits per heavy atom. The van der Waals surface area contributed by atoms with Crippen LogP contribution in [0.3, 0.4) is 0 Å². The lowest BCUT2D eigenvalue weighted by molar-refractivity contribution is -0.116. The number of amides is 1. The molecule has 4 aromatic rings. The summed E-state index contributed by atoms with van der Waals surface area (Å²) >= 11 is 5.88. The van der Waals surface area contributed by atoms with Crippen molar-refractivity contribution in [3.8, 4) is 0 Å². The Morgan fingerprint density at radius 1 is 1.00 bits per heavy atom. The van der Waals surface area contributed by atoms with Gasteiger partial charge >= 0.3 is 5.69 Å². The quantitative estimate of drug-likeness (QED) is 0.496. The second kappa shape index (κ2) is 8.67. The van der Waals surface area contributed by atoms with Crippen LogP contribution in [0.1, 0.15) is 5.56 Å². The highest BCUT2D eigenvalue weighted by Gasteiger charge is 2.18. The van der Waals surface area contributed by atoms with Gasteiger partial charge < -0.3 is 5.32 Å². The van der Waals surface area contributed by atoms with E-state index in [1.54, 1.807) is 24.3 Å². The highest BCUT2D eigenvalue weighted by Crippen LogP contribution is 2.15. The summed E-state index contributed by atoms with van der Waals surface area (Å²) in [5, 5.41) is 2.77. The number of rotatable bonds is 5. The van der Waals surface area contributed by atoms with Gasteiger partial charge in [0.05, 0.1) is 12.2 Å². The van der Waals surface area contributed by atoms with Crippen LogP contribution in [0.4, 0.5) is 14.5 Å². The lowest BCUT2D eigenvalue weighted by atomic mass is 10.2. The molecule has 0 aliphatic carbocycles. The summed E-state index contributed by atoms with van der Waals surface area (Å²) in [6.45, 7) is -0.665. The third kappa shape index (κ3) is 4.26. The summed E-state index contributed by atoms with van der Waals surface area (Å²) in [6.07, 6.45) is 2.57. The predicted octanol–water partition coefficient (Wildman–Crippen LogP) is 2.57. The maximum Gasteiger partial charge on any atom is 0.333 e. The predicted molar refractivity (Wildman–Crippen MR) is 114 cm³/mol. The normalized spacial score (nSPS) is 11.0. The number of halogens is 3. The lowest BCUT2D eigenvalue weighted by Crippen LogP contribution is -2.42. The van der Waals surface area contributed by atoms with Gasteiger partial charge in [-0.15, -0.1) is 0 Å². The zero-order valence-electron chi connectivity index (χ0n) is 16.3. The highest BCUT2D eigenvalue weighted by molar-refractivity contribution is 6.30. The van der Waals surface area contributed by atoms with Gasteiger partial charge in [0, 0.05) is 23.5 Å². The van der Waals surface area contributed by atoms with Crippen molar-refractivity contribution in [1.82, 2.24) is 19.1 Å². The SMILES string of the molecule is O=C(Cn1c(=O)n(Cc2ccc(Cl)cc2)c(=O)c2nccnc21)Nc1ccc(F)cc1F. The van der Waals surface area contributed by atoms with Gasteiger partial charge in [-0.05, 0) is 29.8 Å². The van der Waals surface area contributed by atoms with E-state index in [4.69, 9.17) is 11.6 Å². The summed E-state index contributed by atoms with van der Waals surface area (Å²) in [5.41, 5.74) is -1.30. The monoisotopic (exact) mass is 457 g/mol. The van der Waals surface area contributed by atoms with Crippen LogP contribution in [-0.2, 0) is 17.9 Å². The third-order valence-corrected chi connectivity index (χ3v) is 4.86. The van der Waals surface area contributed by atoms with Crippen LogP contribution in [-0.4, -0.2) is 25.0 Å². The molecule has 0 saturated heterocycles. The van der Waals surface area contributed by atoms with Crippen molar-refractivity contribution in [1.29, 1.82) is 0 Å². The molecule has 0 bridgehead atoms. The Kier molecular flexibility index (Phi) is 5.78. The van der Waals surface area contributed by atoms with Crippen LogP contribution >= 0.6 is 11.6 Å². The molecule has 0 aliphatic rings. The van der Waals surface area contributed by atoms with Gasteiger partial charge in [-0.3, -0.25) is 18.7 Å². The molecule has 2 heterocycles. The second-order valence-electron chi connectivity index (χ2n) is 6.79. The van der Waals surface area contributed by atoms with Gasteiger partial charge in [0.1, 0.15) is 18.2 Å². The molecular formula is C21H14ClF2N5O3. The standard InChI is InChI=1S/C21H14ClF2N5O3/c22-13-3-1-12(2-4-13)10-29-20(31)18-19(26-8-7-25-18)28(21(29)32)11-17(30)27-16-6-5-14(23)9-15(16)24/h1-9H,10-11H2,(H,27,30). The molecule has 4 rings (SSSR count). The van der Waals surface area contributed by atoms with E-state index in [0.717, 1.165) is 21.3 Å². The Labute approximate surface area is 183 Å². The number of fused-ring (bicyclic) bond motifs is 1. The first kappa shape index (κ1) is 21.3. The van der Waals surface area contributed by atoms with Crippen molar-refractivity contribution < 1.29 is 13.6 Å². The molecule has 32 heavy (non-hydrogen) atoms. The second-order valence-corrected chi connectivity index (χ2v) is 7.22. The summed E-state index contributed by atoms with van der Waals surface area (Å²) in [6, 6.07) is 9.21. The number of aromatic nitrogens is 4. The fourth-order valence-electron chi connectivity index (χ4n) is 3.11. The van der Waals surface area contributed by atoms with Crippen molar-refractivity contribution in [3.63, 3.8) is 0 Å². The number of nitrogens with one attached hydrogen (secondary N) is 1. The Hall–Kier alpha value is -3.92. The fraction of sp³-hybridized carbons (Fsp3) is 0.0952. The minimum absolute atomic E-state index is 0.0877. The molecule has 0 spiro atoms. The van der Waals surface area contributed by atoms with E-state index < -0.39 is 35.3 Å². The molecule has 162 valence electrons. The van der Waals surface area contributed by atoms with Gasteiger partial charge in [-0.1, -0.05) is 23.7 Å². The summed E-state index contributed by atoms with van der Waals surface area (Å²) in [4.78, 5) is 46.5. The van der Waals surface area contributed by atoms with Gasteiger partial charge in [0.25, 0.3) is 5.56 Å². The molecule has 0 fully saturated rings. The van der Waals surface area contributed by atoms with Crippen LogP contribution in [0.2, 0.25) is 5.02 Å². The van der Waals surface area contributed by atoms with Crippen LogP contribution in [0.15, 0.2) is 64.4 Å². The van der Waals surface area contributed by atoms with E-state index in [0.29, 0.717) is 16.7 Å². The van der Waals surface area contributed by atoms with Crippen LogP contribution < -0.4 is 16.6 Å². The number of hydrogen-bond donors (Lipinski definition) is 1. The van der Waals surface area contributed by atoms with Crippen LogP contribution in [0.5, 0.6) is 0 Å². The first-order valence-corrected chi connectivity index (χ1v) is 9.65. The molecule has 0 radical (unpaired) electrons. The number of benzene rings is 2. The summed E-state index contributed by atoms with van der Waals surface area (Å²) in [5.74, 6) is -2.54. The molecule has 0 unspecified atom stereocenters.